The number of aliphatic hydroxyl groups excluding tert-OH is 2. The molecule has 2 aliphatic rings. The molecule has 3 atom stereocenters. The highest BCUT2D eigenvalue weighted by Crippen LogP contribution is 2.36. The highest BCUT2D eigenvalue weighted by molar-refractivity contribution is 5.92. The molecular formula is C15H14O5. The molecule has 1 aromatic rings. The number of ether oxygens (including phenoxy) is 1. The molecule has 1 fully saturated rings. The van der Waals surface area contributed by atoms with Crippen molar-refractivity contribution in [2.45, 2.75) is 12.0 Å². The van der Waals surface area contributed by atoms with Crippen LogP contribution in [0.2, 0.25) is 0 Å². The summed E-state index contributed by atoms with van der Waals surface area (Å²) in [6.45, 7) is 0.159. The Kier molecular flexibility index (Phi) is 2.99. The van der Waals surface area contributed by atoms with Gasteiger partial charge in [-0.15, -0.1) is 0 Å². The molecule has 0 bridgehead atoms. The van der Waals surface area contributed by atoms with Crippen LogP contribution in [0.4, 0.5) is 0 Å². The van der Waals surface area contributed by atoms with Gasteiger partial charge in [-0.1, -0.05) is 12.1 Å². The van der Waals surface area contributed by atoms with Gasteiger partial charge in [0.25, 0.3) is 0 Å². The second-order valence-corrected chi connectivity index (χ2v) is 4.96. The summed E-state index contributed by atoms with van der Waals surface area (Å²) in [5.41, 5.74) is 0.734. The van der Waals surface area contributed by atoms with E-state index in [1.54, 1.807) is 12.1 Å². The fourth-order valence-electron chi connectivity index (χ4n) is 2.61. The highest BCUT2D eigenvalue weighted by Gasteiger charge is 2.42. The summed E-state index contributed by atoms with van der Waals surface area (Å²) in [6, 6.07) is 6.35. The smallest absolute Gasteiger partial charge is 0.157 e. The molecule has 5 heteroatoms. The van der Waals surface area contributed by atoms with Crippen molar-refractivity contribution >= 4 is 5.78 Å². The number of rotatable bonds is 1. The van der Waals surface area contributed by atoms with Crippen LogP contribution < -0.4 is 0 Å². The lowest BCUT2D eigenvalue weighted by atomic mass is 9.80. The zero-order valence-electron chi connectivity index (χ0n) is 10.6. The molecule has 0 radical (unpaired) electrons. The second kappa shape index (κ2) is 4.68. The SMILES string of the molecule is O=C1C(c2ccc(O)cc2)COC2=CC(O)=CC(O)C12. The van der Waals surface area contributed by atoms with Crippen LogP contribution in [0.1, 0.15) is 11.5 Å². The van der Waals surface area contributed by atoms with Gasteiger partial charge >= 0.3 is 0 Å². The molecule has 1 heterocycles. The summed E-state index contributed by atoms with van der Waals surface area (Å²) in [5, 5.41) is 28.6. The number of carbonyl (C=O) groups excluding carboxylic acids is 1. The lowest BCUT2D eigenvalue weighted by Gasteiger charge is -2.34. The minimum absolute atomic E-state index is 0.0976. The Morgan fingerprint density at radius 3 is 2.55 bits per heavy atom. The first-order chi connectivity index (χ1) is 9.56. The van der Waals surface area contributed by atoms with Crippen LogP contribution in [0.15, 0.2) is 47.9 Å². The second-order valence-electron chi connectivity index (χ2n) is 4.96. The molecule has 0 aromatic heterocycles. The molecule has 3 N–H and O–H groups in total. The number of phenolic OH excluding ortho intramolecular Hbond substituents is 1. The number of hydrogen-bond donors (Lipinski definition) is 3. The van der Waals surface area contributed by atoms with E-state index in [0.717, 1.165) is 5.56 Å². The summed E-state index contributed by atoms with van der Waals surface area (Å²) in [6.07, 6.45) is 1.51. The monoisotopic (exact) mass is 274 g/mol. The molecule has 0 amide bonds. The first kappa shape index (κ1) is 12.7. The van der Waals surface area contributed by atoms with E-state index in [9.17, 15) is 20.1 Å². The number of Topliss-reactive ketones (excluding diaryl/α,β-unsaturated/α-hetero) is 1. The maximum Gasteiger partial charge on any atom is 0.157 e. The Bertz CT molecular complexity index is 599. The number of ketones is 1. The molecule has 0 spiro atoms. The van der Waals surface area contributed by atoms with Crippen molar-refractivity contribution in [1.82, 2.24) is 0 Å². The van der Waals surface area contributed by atoms with Crippen LogP contribution >= 0.6 is 0 Å². The van der Waals surface area contributed by atoms with Crippen LogP contribution in [0.25, 0.3) is 0 Å². The summed E-state index contributed by atoms with van der Waals surface area (Å²) in [4.78, 5) is 12.5. The molecule has 104 valence electrons. The lowest BCUT2D eigenvalue weighted by Crippen LogP contribution is -2.40. The summed E-state index contributed by atoms with van der Waals surface area (Å²) in [7, 11) is 0. The van der Waals surface area contributed by atoms with Crippen LogP contribution in [-0.4, -0.2) is 33.8 Å². The van der Waals surface area contributed by atoms with Crippen molar-refractivity contribution in [2.24, 2.45) is 5.92 Å². The summed E-state index contributed by atoms with van der Waals surface area (Å²) < 4.78 is 5.51. The number of aromatic hydroxyl groups is 1. The fraction of sp³-hybridized carbons (Fsp3) is 0.267. The topological polar surface area (TPSA) is 87.0 Å². The van der Waals surface area contributed by atoms with Crippen LogP contribution in [0, 0.1) is 5.92 Å². The minimum Gasteiger partial charge on any atom is -0.508 e. The number of carbonyl (C=O) groups is 1. The van der Waals surface area contributed by atoms with E-state index >= 15 is 0 Å². The van der Waals surface area contributed by atoms with Gasteiger partial charge in [-0.3, -0.25) is 4.79 Å². The third kappa shape index (κ3) is 2.06. The average Bonchev–Trinajstić information content (AvgIpc) is 2.39. The number of phenols is 1. The normalized spacial score (nSPS) is 29.1. The van der Waals surface area contributed by atoms with Crippen molar-refractivity contribution in [2.75, 3.05) is 6.61 Å². The third-order valence-electron chi connectivity index (χ3n) is 3.64. The molecule has 0 saturated carbocycles. The Morgan fingerprint density at radius 1 is 1.15 bits per heavy atom. The van der Waals surface area contributed by atoms with Crippen molar-refractivity contribution in [3.05, 3.63) is 53.5 Å². The van der Waals surface area contributed by atoms with E-state index in [1.807, 2.05) is 0 Å². The van der Waals surface area contributed by atoms with Gasteiger partial charge in [0.15, 0.2) is 5.78 Å². The van der Waals surface area contributed by atoms with Gasteiger partial charge in [0.2, 0.25) is 0 Å². The number of allylic oxidation sites excluding steroid dienone is 1. The van der Waals surface area contributed by atoms with Gasteiger partial charge in [-0.25, -0.2) is 0 Å². The summed E-state index contributed by atoms with van der Waals surface area (Å²) in [5.74, 6) is -1.08. The van der Waals surface area contributed by atoms with E-state index in [2.05, 4.69) is 0 Å². The van der Waals surface area contributed by atoms with Crippen molar-refractivity contribution in [3.8, 4) is 5.75 Å². The van der Waals surface area contributed by atoms with Gasteiger partial charge < -0.3 is 20.1 Å². The van der Waals surface area contributed by atoms with Gasteiger partial charge in [0.1, 0.15) is 29.8 Å². The Hall–Kier alpha value is -2.27. The molecule has 3 unspecified atom stereocenters. The summed E-state index contributed by atoms with van der Waals surface area (Å²) >= 11 is 0. The Morgan fingerprint density at radius 2 is 1.85 bits per heavy atom. The minimum atomic E-state index is -1.08. The largest absolute Gasteiger partial charge is 0.508 e. The van der Waals surface area contributed by atoms with Crippen molar-refractivity contribution in [1.29, 1.82) is 0 Å². The predicted octanol–water partition coefficient (Wildman–Crippen LogP) is 1.39. The Balaban J connectivity index is 1.90. The van der Waals surface area contributed by atoms with Gasteiger partial charge in [-0.2, -0.15) is 0 Å². The molecule has 20 heavy (non-hydrogen) atoms. The number of fused-ring (bicyclic) bond motifs is 1. The lowest BCUT2D eigenvalue weighted by molar-refractivity contribution is -0.132. The molecule has 3 rings (SSSR count). The average molecular weight is 274 g/mol. The zero-order chi connectivity index (χ0) is 14.3. The molecule has 1 aliphatic carbocycles. The van der Waals surface area contributed by atoms with E-state index in [1.165, 1.54) is 24.3 Å². The first-order valence-electron chi connectivity index (χ1n) is 6.32. The van der Waals surface area contributed by atoms with Crippen LogP contribution in [-0.2, 0) is 9.53 Å². The van der Waals surface area contributed by atoms with Crippen molar-refractivity contribution < 1.29 is 24.9 Å². The zero-order valence-corrected chi connectivity index (χ0v) is 10.6. The quantitative estimate of drug-likeness (QED) is 0.720. The number of benzene rings is 1. The van der Waals surface area contributed by atoms with E-state index in [0.29, 0.717) is 5.76 Å². The molecule has 5 nitrogen and oxygen atoms in total. The fourth-order valence-corrected chi connectivity index (χ4v) is 2.61. The highest BCUT2D eigenvalue weighted by atomic mass is 16.5. The predicted molar refractivity (Wildman–Crippen MR) is 70.1 cm³/mol. The molecule has 1 aliphatic heterocycles. The standard InChI is InChI=1S/C15H14O5/c16-9-3-1-8(2-4-9)11-7-20-13-6-10(17)5-12(18)14(13)15(11)19/h1-6,11-12,14,16-18H,7H2. The number of aliphatic hydroxyl groups is 2. The maximum absolute atomic E-state index is 12.5. The third-order valence-corrected chi connectivity index (χ3v) is 3.64. The van der Waals surface area contributed by atoms with E-state index in [4.69, 9.17) is 4.74 Å². The molecule has 1 aromatic carbocycles. The van der Waals surface area contributed by atoms with Crippen LogP contribution in [0.5, 0.6) is 5.75 Å². The molecular weight excluding hydrogens is 260 g/mol. The Labute approximate surface area is 115 Å². The first-order valence-corrected chi connectivity index (χ1v) is 6.32. The van der Waals surface area contributed by atoms with Crippen LogP contribution in [0.3, 0.4) is 0 Å². The molecule has 1 saturated heterocycles. The van der Waals surface area contributed by atoms with Gasteiger partial charge in [0, 0.05) is 6.08 Å². The van der Waals surface area contributed by atoms with Crippen molar-refractivity contribution in [3.63, 3.8) is 0 Å². The maximum atomic E-state index is 12.5. The number of hydrogen-bond acceptors (Lipinski definition) is 5. The van der Waals surface area contributed by atoms with Gasteiger partial charge in [0.05, 0.1) is 12.0 Å². The van der Waals surface area contributed by atoms with E-state index in [-0.39, 0.29) is 23.9 Å². The van der Waals surface area contributed by atoms with Gasteiger partial charge in [-0.05, 0) is 23.8 Å². The van der Waals surface area contributed by atoms with E-state index < -0.39 is 17.9 Å².